The van der Waals surface area contributed by atoms with Crippen LogP contribution in [0.2, 0.25) is 0 Å². The smallest absolute Gasteiger partial charge is 0.0952 e. The van der Waals surface area contributed by atoms with Gasteiger partial charge in [0.25, 0.3) is 0 Å². The van der Waals surface area contributed by atoms with E-state index >= 15 is 0 Å². The van der Waals surface area contributed by atoms with Gasteiger partial charge in [-0.2, -0.15) is 0 Å². The molecule has 21 heavy (non-hydrogen) atoms. The standard InChI is InChI=1S/C19H33NO/c1-7-10-15(2)14-21-18(13-20-19(4,5)6)17-12-9-8-11-16(17)3/h8-9,11-12,15,18,20H,7,10,13-14H2,1-6H3. The van der Waals surface area contributed by atoms with Crippen molar-refractivity contribution in [3.63, 3.8) is 0 Å². The second-order valence-electron chi connectivity index (χ2n) is 7.20. The van der Waals surface area contributed by atoms with E-state index in [9.17, 15) is 0 Å². The molecule has 2 unspecified atom stereocenters. The van der Waals surface area contributed by atoms with Crippen molar-refractivity contribution in [3.8, 4) is 0 Å². The molecular formula is C19H33NO. The van der Waals surface area contributed by atoms with E-state index in [1.807, 2.05) is 0 Å². The van der Waals surface area contributed by atoms with Crippen LogP contribution in [-0.4, -0.2) is 18.7 Å². The van der Waals surface area contributed by atoms with Crippen molar-refractivity contribution in [2.24, 2.45) is 5.92 Å². The number of nitrogens with one attached hydrogen (secondary N) is 1. The number of ether oxygens (including phenoxy) is 1. The molecule has 2 nitrogen and oxygen atoms in total. The van der Waals surface area contributed by atoms with E-state index in [2.05, 4.69) is 71.1 Å². The summed E-state index contributed by atoms with van der Waals surface area (Å²) in [7, 11) is 0. The van der Waals surface area contributed by atoms with Gasteiger partial charge in [-0.1, -0.05) is 44.5 Å². The number of hydrogen-bond donors (Lipinski definition) is 1. The summed E-state index contributed by atoms with van der Waals surface area (Å²) >= 11 is 0. The van der Waals surface area contributed by atoms with Gasteiger partial charge in [-0.05, 0) is 51.2 Å². The minimum Gasteiger partial charge on any atom is -0.372 e. The van der Waals surface area contributed by atoms with Crippen LogP contribution in [0.4, 0.5) is 0 Å². The van der Waals surface area contributed by atoms with Crippen LogP contribution in [-0.2, 0) is 4.74 Å². The van der Waals surface area contributed by atoms with Crippen LogP contribution in [0.15, 0.2) is 24.3 Å². The van der Waals surface area contributed by atoms with Gasteiger partial charge in [0.15, 0.2) is 0 Å². The van der Waals surface area contributed by atoms with Gasteiger partial charge in [-0.25, -0.2) is 0 Å². The predicted molar refractivity (Wildman–Crippen MR) is 91.7 cm³/mol. The minimum atomic E-state index is 0.110. The van der Waals surface area contributed by atoms with E-state index < -0.39 is 0 Å². The van der Waals surface area contributed by atoms with Gasteiger partial charge in [-0.15, -0.1) is 0 Å². The molecule has 0 aliphatic heterocycles. The highest BCUT2D eigenvalue weighted by atomic mass is 16.5. The largest absolute Gasteiger partial charge is 0.372 e. The lowest BCUT2D eigenvalue weighted by Crippen LogP contribution is -2.39. The minimum absolute atomic E-state index is 0.110. The van der Waals surface area contributed by atoms with Gasteiger partial charge in [-0.3, -0.25) is 0 Å². The SMILES string of the molecule is CCCC(C)COC(CNC(C)(C)C)c1ccccc1C. The molecule has 0 saturated carbocycles. The maximum absolute atomic E-state index is 6.26. The maximum atomic E-state index is 6.26. The number of rotatable bonds is 8. The summed E-state index contributed by atoms with van der Waals surface area (Å²) in [5.41, 5.74) is 2.72. The molecule has 0 aliphatic carbocycles. The van der Waals surface area contributed by atoms with Crippen LogP contribution < -0.4 is 5.32 Å². The average Bonchev–Trinajstić information content (AvgIpc) is 2.39. The molecule has 0 bridgehead atoms. The molecule has 0 aromatic heterocycles. The van der Waals surface area contributed by atoms with Crippen LogP contribution in [0.1, 0.15) is 64.7 Å². The third-order valence-corrected chi connectivity index (χ3v) is 3.72. The monoisotopic (exact) mass is 291 g/mol. The molecule has 1 N–H and O–H groups in total. The predicted octanol–water partition coefficient (Wildman–Crippen LogP) is 4.88. The summed E-state index contributed by atoms with van der Waals surface area (Å²) in [6, 6.07) is 8.55. The van der Waals surface area contributed by atoms with Gasteiger partial charge in [0.1, 0.15) is 0 Å². The zero-order valence-electron chi connectivity index (χ0n) is 14.7. The van der Waals surface area contributed by atoms with E-state index in [1.54, 1.807) is 0 Å². The topological polar surface area (TPSA) is 21.3 Å². The summed E-state index contributed by atoms with van der Waals surface area (Å²) in [5.74, 6) is 0.621. The van der Waals surface area contributed by atoms with Crippen molar-refractivity contribution >= 4 is 0 Å². The first kappa shape index (κ1) is 18.2. The summed E-state index contributed by atoms with van der Waals surface area (Å²) in [6.45, 7) is 14.9. The molecule has 0 spiro atoms. The Balaban J connectivity index is 2.73. The molecule has 0 amide bonds. The van der Waals surface area contributed by atoms with E-state index in [4.69, 9.17) is 4.74 Å². The summed E-state index contributed by atoms with van der Waals surface area (Å²) in [5, 5.41) is 3.58. The van der Waals surface area contributed by atoms with Crippen molar-refractivity contribution in [2.45, 2.75) is 66.0 Å². The Hall–Kier alpha value is -0.860. The summed E-state index contributed by atoms with van der Waals surface area (Å²) in [4.78, 5) is 0. The molecule has 0 aliphatic rings. The van der Waals surface area contributed by atoms with Gasteiger partial charge in [0.05, 0.1) is 12.7 Å². The van der Waals surface area contributed by atoms with Crippen LogP contribution in [0.3, 0.4) is 0 Å². The zero-order chi connectivity index (χ0) is 15.9. The van der Waals surface area contributed by atoms with E-state index in [0.717, 1.165) is 13.2 Å². The molecule has 2 atom stereocenters. The first-order chi connectivity index (χ1) is 9.83. The van der Waals surface area contributed by atoms with Gasteiger partial charge < -0.3 is 10.1 Å². The second kappa shape index (κ2) is 8.55. The Morgan fingerprint density at radius 3 is 2.43 bits per heavy atom. The molecule has 0 saturated heterocycles. The third kappa shape index (κ3) is 7.10. The van der Waals surface area contributed by atoms with Crippen molar-refractivity contribution in [1.82, 2.24) is 5.32 Å². The Morgan fingerprint density at radius 1 is 1.19 bits per heavy atom. The Kier molecular flexibility index (Phi) is 7.41. The lowest BCUT2D eigenvalue weighted by molar-refractivity contribution is 0.0261. The first-order valence-corrected chi connectivity index (χ1v) is 8.25. The molecule has 120 valence electrons. The molecule has 0 heterocycles. The fourth-order valence-electron chi connectivity index (χ4n) is 2.46. The number of benzene rings is 1. The number of hydrogen-bond acceptors (Lipinski definition) is 2. The second-order valence-corrected chi connectivity index (χ2v) is 7.20. The Morgan fingerprint density at radius 2 is 1.86 bits per heavy atom. The molecule has 1 rings (SSSR count). The zero-order valence-corrected chi connectivity index (χ0v) is 14.7. The third-order valence-electron chi connectivity index (χ3n) is 3.72. The van der Waals surface area contributed by atoms with Crippen LogP contribution in [0.25, 0.3) is 0 Å². The molecule has 1 aromatic rings. The summed E-state index contributed by atoms with van der Waals surface area (Å²) in [6.07, 6.45) is 2.58. The maximum Gasteiger partial charge on any atom is 0.0952 e. The average molecular weight is 291 g/mol. The molecule has 2 heteroatoms. The van der Waals surface area contributed by atoms with E-state index in [-0.39, 0.29) is 11.6 Å². The highest BCUT2D eigenvalue weighted by Gasteiger charge is 2.18. The van der Waals surface area contributed by atoms with Crippen molar-refractivity contribution in [1.29, 1.82) is 0 Å². The lowest BCUT2D eigenvalue weighted by atomic mass is 10.0. The first-order valence-electron chi connectivity index (χ1n) is 8.25. The molecule has 1 aromatic carbocycles. The van der Waals surface area contributed by atoms with Crippen molar-refractivity contribution in [2.75, 3.05) is 13.2 Å². The summed E-state index contributed by atoms with van der Waals surface area (Å²) < 4.78 is 6.26. The highest BCUT2D eigenvalue weighted by Crippen LogP contribution is 2.22. The number of aryl methyl sites for hydroxylation is 1. The van der Waals surface area contributed by atoms with Gasteiger partial charge in [0, 0.05) is 12.1 Å². The van der Waals surface area contributed by atoms with E-state index in [1.165, 1.54) is 24.0 Å². The quantitative estimate of drug-likeness (QED) is 0.737. The molecule has 0 fully saturated rings. The van der Waals surface area contributed by atoms with Crippen molar-refractivity contribution in [3.05, 3.63) is 35.4 Å². The van der Waals surface area contributed by atoms with Gasteiger partial charge in [0.2, 0.25) is 0 Å². The Labute approximate surface area is 131 Å². The fraction of sp³-hybridized carbons (Fsp3) is 0.684. The van der Waals surface area contributed by atoms with Crippen LogP contribution in [0.5, 0.6) is 0 Å². The Bertz CT molecular complexity index is 408. The van der Waals surface area contributed by atoms with Gasteiger partial charge >= 0.3 is 0 Å². The van der Waals surface area contributed by atoms with E-state index in [0.29, 0.717) is 5.92 Å². The van der Waals surface area contributed by atoms with Crippen LogP contribution >= 0.6 is 0 Å². The fourth-order valence-corrected chi connectivity index (χ4v) is 2.46. The van der Waals surface area contributed by atoms with Crippen molar-refractivity contribution < 1.29 is 4.74 Å². The molecule has 0 radical (unpaired) electrons. The lowest BCUT2D eigenvalue weighted by Gasteiger charge is -2.27. The van der Waals surface area contributed by atoms with Crippen LogP contribution in [0, 0.1) is 12.8 Å². The molecular weight excluding hydrogens is 258 g/mol. The normalized spacial score (nSPS) is 15.0. The highest BCUT2D eigenvalue weighted by molar-refractivity contribution is 5.28.